The van der Waals surface area contributed by atoms with E-state index in [1.165, 1.54) is 12.1 Å². The van der Waals surface area contributed by atoms with Crippen LogP contribution in [0.1, 0.15) is 37.0 Å². The molecule has 0 saturated heterocycles. The van der Waals surface area contributed by atoms with Crippen molar-refractivity contribution in [3.05, 3.63) is 23.8 Å². The molecule has 0 bridgehead atoms. The smallest absolute Gasteiger partial charge is 0.335 e. The number of hydrogen-bond acceptors (Lipinski definition) is 4. The maximum atomic E-state index is 10.9. The maximum absolute atomic E-state index is 10.9. The molecular formula is C14H18N2O3. The summed E-state index contributed by atoms with van der Waals surface area (Å²) in [5.41, 5.74) is 1.39. The van der Waals surface area contributed by atoms with Crippen molar-refractivity contribution in [3.63, 3.8) is 0 Å². The fraction of sp³-hybridized carbons (Fsp3) is 0.429. The van der Waals surface area contributed by atoms with E-state index in [1.54, 1.807) is 6.07 Å². The van der Waals surface area contributed by atoms with Gasteiger partial charge in [0.05, 0.1) is 5.56 Å². The lowest BCUT2D eigenvalue weighted by Gasteiger charge is -2.22. The lowest BCUT2D eigenvalue weighted by molar-refractivity contribution is 0.0697. The van der Waals surface area contributed by atoms with E-state index in [0.717, 1.165) is 12.8 Å². The molecule has 1 heterocycles. The zero-order chi connectivity index (χ0) is 14.0. The van der Waals surface area contributed by atoms with Gasteiger partial charge in [-0.2, -0.15) is 4.98 Å². The molecule has 1 aromatic carbocycles. The number of hydrogen-bond donors (Lipinski definition) is 1. The van der Waals surface area contributed by atoms with Crippen molar-refractivity contribution in [2.45, 2.75) is 32.7 Å². The van der Waals surface area contributed by atoms with Gasteiger partial charge in [-0.05, 0) is 31.5 Å². The predicted octanol–water partition coefficient (Wildman–Crippen LogP) is 3.15. The molecule has 0 spiro atoms. The van der Waals surface area contributed by atoms with E-state index in [4.69, 9.17) is 9.52 Å². The molecule has 0 aliphatic heterocycles. The van der Waals surface area contributed by atoms with E-state index >= 15 is 0 Å². The minimum absolute atomic E-state index is 0.208. The summed E-state index contributed by atoms with van der Waals surface area (Å²) in [5, 5.41) is 8.95. The summed E-state index contributed by atoms with van der Waals surface area (Å²) >= 11 is 0. The van der Waals surface area contributed by atoms with E-state index in [-0.39, 0.29) is 5.56 Å². The summed E-state index contributed by atoms with van der Waals surface area (Å²) in [4.78, 5) is 17.3. The van der Waals surface area contributed by atoms with Gasteiger partial charge in [-0.25, -0.2) is 4.79 Å². The molecule has 5 heteroatoms. The Morgan fingerprint density at radius 3 is 2.89 bits per heavy atom. The first-order chi connectivity index (χ1) is 9.02. The summed E-state index contributed by atoms with van der Waals surface area (Å²) in [7, 11) is 1.93. The Labute approximate surface area is 111 Å². The van der Waals surface area contributed by atoms with Crippen LogP contribution in [0.3, 0.4) is 0 Å². The Morgan fingerprint density at radius 1 is 1.53 bits per heavy atom. The Hall–Kier alpha value is -2.04. The SMILES string of the molecule is CCCC(C)N(C)c1nc2ccc(C(=O)O)cc2o1. The minimum Gasteiger partial charge on any atom is -0.478 e. The number of nitrogens with zero attached hydrogens (tertiary/aromatic N) is 2. The third-order valence-corrected chi connectivity index (χ3v) is 3.29. The second-order valence-electron chi connectivity index (χ2n) is 4.73. The maximum Gasteiger partial charge on any atom is 0.335 e. The van der Waals surface area contributed by atoms with E-state index in [9.17, 15) is 4.79 Å². The third kappa shape index (κ3) is 2.70. The van der Waals surface area contributed by atoms with Gasteiger partial charge >= 0.3 is 5.97 Å². The molecule has 0 radical (unpaired) electrons. The van der Waals surface area contributed by atoms with Gasteiger partial charge in [0, 0.05) is 13.1 Å². The van der Waals surface area contributed by atoms with Crippen molar-refractivity contribution >= 4 is 23.1 Å². The van der Waals surface area contributed by atoms with Crippen LogP contribution in [0.2, 0.25) is 0 Å². The van der Waals surface area contributed by atoms with Crippen molar-refractivity contribution in [1.29, 1.82) is 0 Å². The van der Waals surface area contributed by atoms with Gasteiger partial charge in [0.2, 0.25) is 0 Å². The predicted molar refractivity (Wildman–Crippen MR) is 73.7 cm³/mol. The molecule has 102 valence electrons. The van der Waals surface area contributed by atoms with Crippen molar-refractivity contribution in [2.75, 3.05) is 11.9 Å². The Bertz CT molecular complexity index is 591. The quantitative estimate of drug-likeness (QED) is 0.896. The van der Waals surface area contributed by atoms with Crippen LogP contribution in [0.4, 0.5) is 6.01 Å². The molecule has 2 rings (SSSR count). The fourth-order valence-corrected chi connectivity index (χ4v) is 2.00. The summed E-state index contributed by atoms with van der Waals surface area (Å²) < 4.78 is 5.64. The molecular weight excluding hydrogens is 244 g/mol. The van der Waals surface area contributed by atoms with Crippen LogP contribution in [-0.4, -0.2) is 29.1 Å². The van der Waals surface area contributed by atoms with Crippen molar-refractivity contribution < 1.29 is 14.3 Å². The number of carboxylic acids is 1. The summed E-state index contributed by atoms with van der Waals surface area (Å²) in [5.74, 6) is -0.965. The van der Waals surface area contributed by atoms with Crippen LogP contribution in [-0.2, 0) is 0 Å². The largest absolute Gasteiger partial charge is 0.478 e. The molecule has 19 heavy (non-hydrogen) atoms. The molecule has 0 aliphatic rings. The highest BCUT2D eigenvalue weighted by atomic mass is 16.4. The van der Waals surface area contributed by atoms with Crippen LogP contribution in [0.25, 0.3) is 11.1 Å². The Balaban J connectivity index is 2.33. The van der Waals surface area contributed by atoms with Crippen LogP contribution in [0.15, 0.2) is 22.6 Å². The monoisotopic (exact) mass is 262 g/mol. The van der Waals surface area contributed by atoms with E-state index in [2.05, 4.69) is 18.8 Å². The van der Waals surface area contributed by atoms with Crippen molar-refractivity contribution in [3.8, 4) is 0 Å². The van der Waals surface area contributed by atoms with E-state index < -0.39 is 5.97 Å². The second kappa shape index (κ2) is 5.30. The van der Waals surface area contributed by atoms with Crippen molar-refractivity contribution in [1.82, 2.24) is 4.98 Å². The number of carboxylic acid groups (broad SMARTS) is 1. The van der Waals surface area contributed by atoms with Gasteiger partial charge in [-0.15, -0.1) is 0 Å². The van der Waals surface area contributed by atoms with Gasteiger partial charge in [0.25, 0.3) is 6.01 Å². The van der Waals surface area contributed by atoms with Gasteiger partial charge in [-0.3, -0.25) is 0 Å². The van der Waals surface area contributed by atoms with Crippen LogP contribution in [0, 0.1) is 0 Å². The molecule has 1 unspecified atom stereocenters. The lowest BCUT2D eigenvalue weighted by Crippen LogP contribution is -2.28. The summed E-state index contributed by atoms with van der Waals surface area (Å²) in [6.45, 7) is 4.25. The highest BCUT2D eigenvalue weighted by Gasteiger charge is 2.16. The van der Waals surface area contributed by atoms with Gasteiger partial charge in [0.15, 0.2) is 5.58 Å². The number of anilines is 1. The first-order valence-corrected chi connectivity index (χ1v) is 6.39. The average molecular weight is 262 g/mol. The van der Waals surface area contributed by atoms with Gasteiger partial charge in [0.1, 0.15) is 5.52 Å². The zero-order valence-electron chi connectivity index (χ0n) is 11.4. The molecule has 0 amide bonds. The minimum atomic E-state index is -0.965. The standard InChI is InChI=1S/C14H18N2O3/c1-4-5-9(2)16(3)14-15-11-7-6-10(13(17)18)8-12(11)19-14/h6-9H,4-5H2,1-3H3,(H,17,18). The number of aromatic nitrogens is 1. The molecule has 1 N–H and O–H groups in total. The lowest BCUT2D eigenvalue weighted by atomic mass is 10.2. The Morgan fingerprint density at radius 2 is 2.26 bits per heavy atom. The van der Waals surface area contributed by atoms with Crippen molar-refractivity contribution in [2.24, 2.45) is 0 Å². The van der Waals surface area contributed by atoms with Gasteiger partial charge < -0.3 is 14.4 Å². The van der Waals surface area contributed by atoms with Crippen LogP contribution in [0.5, 0.6) is 0 Å². The number of aromatic carboxylic acids is 1. The molecule has 0 saturated carbocycles. The molecule has 5 nitrogen and oxygen atoms in total. The average Bonchev–Trinajstić information content (AvgIpc) is 2.80. The normalized spacial score (nSPS) is 12.6. The number of rotatable bonds is 5. The molecule has 1 atom stereocenters. The second-order valence-corrected chi connectivity index (χ2v) is 4.73. The van der Waals surface area contributed by atoms with Crippen LogP contribution < -0.4 is 4.90 Å². The Kier molecular flexibility index (Phi) is 3.74. The fourth-order valence-electron chi connectivity index (χ4n) is 2.00. The number of fused-ring (bicyclic) bond motifs is 1. The van der Waals surface area contributed by atoms with Crippen LogP contribution >= 0.6 is 0 Å². The molecule has 2 aromatic rings. The number of carbonyl (C=O) groups is 1. The van der Waals surface area contributed by atoms with E-state index in [1.807, 2.05) is 11.9 Å². The van der Waals surface area contributed by atoms with Gasteiger partial charge in [-0.1, -0.05) is 13.3 Å². The molecule has 0 fully saturated rings. The highest BCUT2D eigenvalue weighted by molar-refractivity contribution is 5.92. The highest BCUT2D eigenvalue weighted by Crippen LogP contribution is 2.24. The first-order valence-electron chi connectivity index (χ1n) is 6.39. The zero-order valence-corrected chi connectivity index (χ0v) is 11.4. The molecule has 0 aliphatic carbocycles. The number of benzene rings is 1. The summed E-state index contributed by atoms with van der Waals surface area (Å²) in [6, 6.07) is 5.57. The van der Waals surface area contributed by atoms with E-state index in [0.29, 0.717) is 23.2 Å². The topological polar surface area (TPSA) is 66.6 Å². The summed E-state index contributed by atoms with van der Waals surface area (Å²) in [6.07, 6.45) is 2.14. The molecule has 1 aromatic heterocycles. The first kappa shape index (κ1) is 13.4. The number of oxazole rings is 1. The third-order valence-electron chi connectivity index (χ3n) is 3.29.